The first-order valence-corrected chi connectivity index (χ1v) is 4.97. The maximum atomic E-state index is 2.37. The van der Waals surface area contributed by atoms with Gasteiger partial charge in [0.1, 0.15) is 12.4 Å². The van der Waals surface area contributed by atoms with Gasteiger partial charge in [-0.15, -0.1) is 0 Å². The number of unbranched alkanes of at least 4 members (excludes halogenated alkanes) is 1. The zero-order chi connectivity index (χ0) is 9.03. The fourth-order valence-corrected chi connectivity index (χ4v) is 1.70. The molecule has 1 nitrogen and oxygen atoms in total. The predicted octanol–water partition coefficient (Wildman–Crippen LogP) is 3.05. The Bertz CT molecular complexity index is 203. The van der Waals surface area contributed by atoms with Crippen molar-refractivity contribution in [2.75, 3.05) is 13.1 Å². The highest BCUT2D eigenvalue weighted by Crippen LogP contribution is 2.21. The van der Waals surface area contributed by atoms with Gasteiger partial charge < -0.3 is 0 Å². The summed E-state index contributed by atoms with van der Waals surface area (Å²) in [6.07, 6.45) is 9.54. The minimum Gasteiger partial charge on any atom is -0.271 e. The van der Waals surface area contributed by atoms with Crippen LogP contribution in [0.5, 0.6) is 0 Å². The Hall–Kier alpha value is -0.560. The minimum atomic E-state index is 1.07. The molecule has 0 radical (unpaired) electrons. The number of hydrogen-bond acceptors (Lipinski definition) is 0. The van der Waals surface area contributed by atoms with E-state index in [4.69, 9.17) is 0 Å². The highest BCUT2D eigenvalue weighted by atomic mass is 15.3. The van der Waals surface area contributed by atoms with Gasteiger partial charge in [0.15, 0.2) is 0 Å². The maximum absolute atomic E-state index is 2.37. The first-order valence-electron chi connectivity index (χ1n) is 4.97. The standard InChI is InChI=1S/C11H20N/c1-4-6-8-12(5-2)9-7-11(3)10-12/h7,9-10H,4-6,8H2,1-3H3/q+1. The monoisotopic (exact) mass is 166 g/mol. The molecule has 0 aliphatic carbocycles. The average Bonchev–Trinajstić information content (AvgIpc) is 2.45. The third kappa shape index (κ3) is 1.98. The second-order valence-electron chi connectivity index (χ2n) is 3.69. The minimum absolute atomic E-state index is 1.07. The lowest BCUT2D eigenvalue weighted by molar-refractivity contribution is -0.824. The summed E-state index contributed by atoms with van der Waals surface area (Å²) in [6, 6.07) is 0. The molecule has 1 aliphatic rings. The lowest BCUT2D eigenvalue weighted by Gasteiger charge is -2.27. The molecule has 1 heteroatoms. The van der Waals surface area contributed by atoms with Gasteiger partial charge in [-0.3, -0.25) is 4.48 Å². The van der Waals surface area contributed by atoms with Crippen molar-refractivity contribution in [2.45, 2.75) is 33.6 Å². The van der Waals surface area contributed by atoms with Crippen molar-refractivity contribution >= 4 is 0 Å². The van der Waals surface area contributed by atoms with E-state index in [0.29, 0.717) is 0 Å². The highest BCUT2D eigenvalue weighted by molar-refractivity contribution is 5.16. The molecule has 0 bridgehead atoms. The van der Waals surface area contributed by atoms with Gasteiger partial charge in [0.2, 0.25) is 0 Å². The lowest BCUT2D eigenvalue weighted by Crippen LogP contribution is -2.36. The summed E-state index contributed by atoms with van der Waals surface area (Å²) >= 11 is 0. The van der Waals surface area contributed by atoms with Crippen LogP contribution in [0, 0.1) is 0 Å². The fourth-order valence-electron chi connectivity index (χ4n) is 1.70. The van der Waals surface area contributed by atoms with Crippen LogP contribution in [0.2, 0.25) is 0 Å². The molecule has 1 unspecified atom stereocenters. The van der Waals surface area contributed by atoms with E-state index >= 15 is 0 Å². The Morgan fingerprint density at radius 3 is 2.50 bits per heavy atom. The van der Waals surface area contributed by atoms with Crippen LogP contribution in [-0.2, 0) is 0 Å². The van der Waals surface area contributed by atoms with Gasteiger partial charge >= 0.3 is 0 Å². The molecule has 1 rings (SSSR count). The SMILES string of the molecule is CCCC[N+]1(CC)C=CC(C)=C1. The van der Waals surface area contributed by atoms with Crippen LogP contribution < -0.4 is 0 Å². The molecule has 12 heavy (non-hydrogen) atoms. The second-order valence-corrected chi connectivity index (χ2v) is 3.69. The molecule has 1 heterocycles. The summed E-state index contributed by atoms with van der Waals surface area (Å²) in [5, 5.41) is 0. The molecule has 68 valence electrons. The van der Waals surface area contributed by atoms with E-state index in [0.717, 1.165) is 4.48 Å². The fraction of sp³-hybridized carbons (Fsp3) is 0.636. The summed E-state index contributed by atoms with van der Waals surface area (Å²) in [4.78, 5) is 0. The van der Waals surface area contributed by atoms with E-state index in [-0.39, 0.29) is 0 Å². The first kappa shape index (κ1) is 9.53. The van der Waals surface area contributed by atoms with E-state index in [2.05, 4.69) is 39.2 Å². The van der Waals surface area contributed by atoms with Crippen LogP contribution in [0.3, 0.4) is 0 Å². The maximum Gasteiger partial charge on any atom is 0.104 e. The molecular formula is C11H20N+. The Kier molecular flexibility index (Phi) is 3.10. The average molecular weight is 166 g/mol. The van der Waals surface area contributed by atoms with Crippen LogP contribution in [-0.4, -0.2) is 17.6 Å². The molecule has 0 saturated carbocycles. The van der Waals surface area contributed by atoms with Crippen molar-refractivity contribution in [3.8, 4) is 0 Å². The molecule has 0 amide bonds. The van der Waals surface area contributed by atoms with Gasteiger partial charge in [0.25, 0.3) is 0 Å². The highest BCUT2D eigenvalue weighted by Gasteiger charge is 2.23. The molecule has 0 fully saturated rings. The molecule has 0 spiro atoms. The van der Waals surface area contributed by atoms with Crippen LogP contribution in [0.25, 0.3) is 0 Å². The van der Waals surface area contributed by atoms with Gasteiger partial charge in [-0.2, -0.15) is 0 Å². The van der Waals surface area contributed by atoms with E-state index in [1.54, 1.807) is 0 Å². The van der Waals surface area contributed by atoms with Crippen molar-refractivity contribution < 1.29 is 4.48 Å². The molecule has 0 N–H and O–H groups in total. The van der Waals surface area contributed by atoms with Crippen LogP contribution in [0.15, 0.2) is 24.0 Å². The molecule has 0 aromatic heterocycles. The molecule has 0 saturated heterocycles. The molecule has 1 atom stereocenters. The van der Waals surface area contributed by atoms with Gasteiger partial charge in [-0.1, -0.05) is 13.3 Å². The smallest absolute Gasteiger partial charge is 0.104 e. The molecule has 0 aromatic carbocycles. The van der Waals surface area contributed by atoms with E-state index in [1.807, 2.05) is 0 Å². The number of rotatable bonds is 4. The van der Waals surface area contributed by atoms with E-state index in [9.17, 15) is 0 Å². The van der Waals surface area contributed by atoms with E-state index in [1.165, 1.54) is 31.5 Å². The van der Waals surface area contributed by atoms with Gasteiger partial charge in [-0.05, 0) is 26.3 Å². The second kappa shape index (κ2) is 3.90. The summed E-state index contributed by atoms with van der Waals surface area (Å²) in [5.41, 5.74) is 1.41. The Balaban J connectivity index is 2.60. The summed E-state index contributed by atoms with van der Waals surface area (Å²) in [6.45, 7) is 9.14. The number of hydrogen-bond donors (Lipinski definition) is 0. The summed E-state index contributed by atoms with van der Waals surface area (Å²) in [5.74, 6) is 0. The predicted molar refractivity (Wildman–Crippen MR) is 53.5 cm³/mol. The Morgan fingerprint density at radius 1 is 1.33 bits per heavy atom. The third-order valence-electron chi connectivity index (χ3n) is 2.61. The topological polar surface area (TPSA) is 0 Å². The first-order chi connectivity index (χ1) is 5.72. The van der Waals surface area contributed by atoms with Gasteiger partial charge in [0, 0.05) is 5.57 Å². The van der Waals surface area contributed by atoms with Crippen LogP contribution in [0.4, 0.5) is 0 Å². The van der Waals surface area contributed by atoms with Crippen molar-refractivity contribution in [1.82, 2.24) is 0 Å². The zero-order valence-corrected chi connectivity index (χ0v) is 8.51. The largest absolute Gasteiger partial charge is 0.271 e. The molecule has 0 aromatic rings. The molecular weight excluding hydrogens is 146 g/mol. The van der Waals surface area contributed by atoms with Crippen molar-refractivity contribution in [3.63, 3.8) is 0 Å². The number of quaternary nitrogens is 1. The third-order valence-corrected chi connectivity index (χ3v) is 2.61. The van der Waals surface area contributed by atoms with Crippen molar-refractivity contribution in [2.24, 2.45) is 0 Å². The number of allylic oxidation sites excluding steroid dienone is 2. The Morgan fingerprint density at radius 2 is 2.08 bits per heavy atom. The van der Waals surface area contributed by atoms with Crippen molar-refractivity contribution in [3.05, 3.63) is 24.0 Å². The van der Waals surface area contributed by atoms with Crippen molar-refractivity contribution in [1.29, 1.82) is 0 Å². The summed E-state index contributed by atoms with van der Waals surface area (Å²) in [7, 11) is 0. The normalized spacial score (nSPS) is 27.8. The molecule has 1 aliphatic heterocycles. The van der Waals surface area contributed by atoms with Gasteiger partial charge in [0.05, 0.1) is 13.1 Å². The van der Waals surface area contributed by atoms with Gasteiger partial charge in [-0.25, -0.2) is 0 Å². The summed E-state index contributed by atoms with van der Waals surface area (Å²) < 4.78 is 1.07. The Labute approximate surface area is 76.0 Å². The number of nitrogens with zero attached hydrogens (tertiary/aromatic N) is 1. The van der Waals surface area contributed by atoms with Crippen LogP contribution >= 0.6 is 0 Å². The lowest BCUT2D eigenvalue weighted by atomic mass is 10.3. The van der Waals surface area contributed by atoms with E-state index < -0.39 is 0 Å². The van der Waals surface area contributed by atoms with Crippen LogP contribution in [0.1, 0.15) is 33.6 Å². The quantitative estimate of drug-likeness (QED) is 0.563. The zero-order valence-electron chi connectivity index (χ0n) is 8.51.